The minimum atomic E-state index is -2.03. The van der Waals surface area contributed by atoms with Crippen molar-refractivity contribution in [1.29, 1.82) is 0 Å². The molecule has 26 nitrogen and oxygen atoms in total. The monoisotopic (exact) mass is 1230 g/mol. The number of azide groups is 1. The highest BCUT2D eigenvalue weighted by Crippen LogP contribution is 2.46. The zero-order valence-corrected chi connectivity index (χ0v) is 51.0. The predicted molar refractivity (Wildman–Crippen MR) is 318 cm³/mol. The Morgan fingerprint density at radius 2 is 1.25 bits per heavy atom. The van der Waals surface area contributed by atoms with Crippen LogP contribution in [0.1, 0.15) is 85.5 Å². The van der Waals surface area contributed by atoms with Crippen molar-refractivity contribution in [2.45, 2.75) is 78.7 Å². The second-order valence-electron chi connectivity index (χ2n) is 21.2. The molecule has 7 rings (SSSR count). The van der Waals surface area contributed by atoms with Gasteiger partial charge in [-0.3, -0.25) is 14.4 Å². The van der Waals surface area contributed by atoms with Gasteiger partial charge in [-0.25, -0.2) is 19.6 Å². The summed E-state index contributed by atoms with van der Waals surface area (Å²) in [5.41, 5.74) is 11.8. The molecule has 0 saturated heterocycles. The first-order valence-corrected chi connectivity index (χ1v) is 29.8. The van der Waals surface area contributed by atoms with Crippen LogP contribution in [0.4, 0.5) is 4.39 Å². The van der Waals surface area contributed by atoms with E-state index in [2.05, 4.69) is 25.9 Å². The molecule has 482 valence electrons. The molecule has 0 bridgehead atoms. The van der Waals surface area contributed by atoms with Gasteiger partial charge in [-0.1, -0.05) is 12.0 Å². The van der Waals surface area contributed by atoms with Crippen molar-refractivity contribution in [2.75, 3.05) is 159 Å². The van der Waals surface area contributed by atoms with Gasteiger partial charge in [-0.05, 0) is 105 Å². The molecule has 0 saturated carbocycles. The Labute approximate surface area is 510 Å². The minimum Gasteiger partial charge on any atom is -0.491 e. The van der Waals surface area contributed by atoms with Crippen LogP contribution in [0.3, 0.4) is 0 Å². The molecule has 27 heteroatoms. The summed E-state index contributed by atoms with van der Waals surface area (Å²) in [6, 6.07) is 9.45. The van der Waals surface area contributed by atoms with Gasteiger partial charge in [0.25, 0.3) is 11.5 Å². The summed E-state index contributed by atoms with van der Waals surface area (Å²) < 4.78 is 88.4. The third-order valence-electron chi connectivity index (χ3n) is 15.0. The van der Waals surface area contributed by atoms with Crippen LogP contribution in [-0.4, -0.2) is 197 Å². The summed E-state index contributed by atoms with van der Waals surface area (Å²) >= 11 is 0. The van der Waals surface area contributed by atoms with Gasteiger partial charge in [0, 0.05) is 34.0 Å². The summed E-state index contributed by atoms with van der Waals surface area (Å²) in [5.74, 6) is -1.90. The Morgan fingerprint density at radius 1 is 0.750 bits per heavy atom. The van der Waals surface area contributed by atoms with Gasteiger partial charge in [-0.15, -0.1) is 0 Å². The smallest absolute Gasteiger partial charge is 0.343 e. The number of hydrazone groups is 1. The van der Waals surface area contributed by atoms with Crippen LogP contribution in [0.25, 0.3) is 32.7 Å². The summed E-state index contributed by atoms with van der Waals surface area (Å²) in [6.07, 6.45) is 0.761. The van der Waals surface area contributed by atoms with Gasteiger partial charge < -0.3 is 76.6 Å². The first-order chi connectivity index (χ1) is 42.7. The number of aromatic nitrogens is 2. The number of hydrogen-bond donors (Lipinski definition) is 3. The topological polar surface area (TPSA) is 311 Å². The van der Waals surface area contributed by atoms with Crippen molar-refractivity contribution in [3.05, 3.63) is 102 Å². The van der Waals surface area contributed by atoms with Crippen LogP contribution in [0.2, 0.25) is 0 Å². The van der Waals surface area contributed by atoms with Gasteiger partial charge in [0.05, 0.1) is 186 Å². The summed E-state index contributed by atoms with van der Waals surface area (Å²) in [5, 5.41) is 22.9. The molecular formula is C61H83FN8O18. The lowest BCUT2D eigenvalue weighted by molar-refractivity contribution is -0.172. The van der Waals surface area contributed by atoms with Crippen LogP contribution in [0.15, 0.2) is 51.4 Å². The number of benzene rings is 2. The van der Waals surface area contributed by atoms with Crippen LogP contribution in [-0.2, 0) is 96.4 Å². The Kier molecular flexibility index (Phi) is 27.9. The van der Waals surface area contributed by atoms with E-state index in [-0.39, 0.29) is 30.7 Å². The van der Waals surface area contributed by atoms with E-state index in [1.165, 1.54) is 24.5 Å². The lowest BCUT2D eigenvalue weighted by Crippen LogP contribution is -2.48. The van der Waals surface area contributed by atoms with E-state index >= 15 is 4.39 Å². The highest BCUT2D eigenvalue weighted by Gasteiger charge is 2.46. The van der Waals surface area contributed by atoms with E-state index in [0.717, 1.165) is 5.56 Å². The van der Waals surface area contributed by atoms with Crippen molar-refractivity contribution in [2.24, 2.45) is 15.6 Å². The second-order valence-corrected chi connectivity index (χ2v) is 21.2. The molecule has 2 amide bonds. The van der Waals surface area contributed by atoms with Crippen molar-refractivity contribution >= 4 is 34.4 Å². The number of ether oxygens (including phenoxy) is 13. The van der Waals surface area contributed by atoms with Gasteiger partial charge in [0.1, 0.15) is 30.2 Å². The number of esters is 1. The molecule has 4 aromatic rings. The lowest BCUT2D eigenvalue weighted by atomic mass is 9.81. The van der Waals surface area contributed by atoms with Crippen molar-refractivity contribution < 1.29 is 85.5 Å². The number of cyclic esters (lactones) is 1. The third kappa shape index (κ3) is 19.0. The van der Waals surface area contributed by atoms with Crippen molar-refractivity contribution in [3.63, 3.8) is 0 Å². The Balaban J connectivity index is 0.695. The van der Waals surface area contributed by atoms with E-state index in [1.807, 2.05) is 0 Å². The van der Waals surface area contributed by atoms with Gasteiger partial charge in [-0.2, -0.15) is 5.10 Å². The molecule has 2 aromatic heterocycles. The number of halogens is 1. The Morgan fingerprint density at radius 3 is 1.75 bits per heavy atom. The zero-order valence-electron chi connectivity index (χ0n) is 51.0. The number of carbonyl (C=O) groups is 3. The van der Waals surface area contributed by atoms with Crippen LogP contribution in [0, 0.1) is 18.2 Å². The standard InChI is InChI=1S/C61H83FN8O18/c1-6-61(75)48-37-52-55-46(39-70(52)56(71)47(48)40-88-59(61)74)54-50(12-11-45-41(2)49(62)38-51(65-55)53(45)54)66-57(72)60(4,5)58(73)68-67-42(3)43-7-9-44(10-8-43)87-36-35-86-34-33-85-32-31-84-30-29-83-28-27-82-26-25-81-24-23-80-22-21-79-20-19-78-18-17-77-16-15-76-14-13-64-69-63/h7-10,37-38,50,75H,6,11-36,39-40H2,1-5H3,(H,66,72)(H,68,73)/b67-42-/t50-,61-/m1/s1. The maximum Gasteiger partial charge on any atom is 0.343 e. The number of rotatable bonds is 43. The highest BCUT2D eigenvalue weighted by atomic mass is 19.1. The average Bonchev–Trinajstić information content (AvgIpc) is 2.22. The molecule has 0 fully saturated rings. The zero-order chi connectivity index (χ0) is 62.7. The fraction of sp³-hybridized carbons (Fsp3) is 0.607. The van der Waals surface area contributed by atoms with E-state index in [1.54, 1.807) is 51.1 Å². The number of aliphatic hydroxyl groups is 1. The molecule has 2 aromatic carbocycles. The molecule has 0 radical (unpaired) electrons. The number of hydrogen-bond acceptors (Lipinski definition) is 21. The molecule has 2 aliphatic heterocycles. The second kappa shape index (κ2) is 35.6. The average molecular weight is 1240 g/mol. The number of amides is 2. The van der Waals surface area contributed by atoms with Crippen molar-refractivity contribution in [3.8, 4) is 17.1 Å². The first kappa shape index (κ1) is 68.9. The number of nitrogens with zero attached hydrogens (tertiary/aromatic N) is 6. The molecule has 0 unspecified atom stereocenters. The summed E-state index contributed by atoms with van der Waals surface area (Å²) in [7, 11) is 0. The Hall–Kier alpha value is -6.56. The molecule has 3 aliphatic rings. The summed E-state index contributed by atoms with van der Waals surface area (Å²) in [4.78, 5) is 62.3. The van der Waals surface area contributed by atoms with Gasteiger partial charge in [0.2, 0.25) is 5.91 Å². The number of nitrogens with one attached hydrogen (secondary N) is 2. The highest BCUT2D eigenvalue weighted by molar-refractivity contribution is 6.06. The molecular weight excluding hydrogens is 1150 g/mol. The SMILES string of the molecule is CC[C@]1(O)C(=O)OCc2c1cc1n(c2=O)Cc2c-1nc1cc(F)c(C)c3c1c2[C@H](NC(=O)C(C)(C)C(=O)N/N=C(/C)c1ccc(OCCOCCOCCOCCOCCOCCOCCOCCOCCOCCOCCOCCN=[N+]=[N-])cc1)CC3. The Bertz CT molecular complexity index is 3090. The van der Waals surface area contributed by atoms with E-state index in [9.17, 15) is 24.3 Å². The number of pyridine rings is 2. The molecule has 3 N–H and O–H groups in total. The largest absolute Gasteiger partial charge is 0.491 e. The quantitative estimate of drug-likeness (QED) is 0.00670. The van der Waals surface area contributed by atoms with Crippen LogP contribution < -0.4 is 21.0 Å². The van der Waals surface area contributed by atoms with Crippen LogP contribution in [0.5, 0.6) is 5.75 Å². The molecule has 1 aliphatic carbocycles. The van der Waals surface area contributed by atoms with E-state index < -0.39 is 46.2 Å². The lowest BCUT2D eigenvalue weighted by Gasteiger charge is -2.32. The maximum absolute atomic E-state index is 15.5. The van der Waals surface area contributed by atoms with Crippen molar-refractivity contribution in [1.82, 2.24) is 20.3 Å². The van der Waals surface area contributed by atoms with E-state index in [0.29, 0.717) is 227 Å². The fourth-order valence-electron chi connectivity index (χ4n) is 9.94. The normalized spacial score (nSPS) is 16.0. The molecule has 0 spiro atoms. The molecule has 4 heterocycles. The number of carbonyl (C=O) groups excluding carboxylic acids is 3. The molecule has 88 heavy (non-hydrogen) atoms. The first-order valence-electron chi connectivity index (χ1n) is 29.8. The predicted octanol–water partition coefficient (Wildman–Crippen LogP) is 5.07. The van der Waals surface area contributed by atoms with Gasteiger partial charge in [0.15, 0.2) is 5.60 Å². The third-order valence-corrected chi connectivity index (χ3v) is 15.0. The van der Waals surface area contributed by atoms with Gasteiger partial charge >= 0.3 is 5.97 Å². The number of fused-ring (bicyclic) bond motifs is 5. The molecule has 2 atom stereocenters. The number of aryl methyl sites for hydroxylation is 1. The van der Waals surface area contributed by atoms with Crippen LogP contribution >= 0.6 is 0 Å². The van der Waals surface area contributed by atoms with E-state index in [4.69, 9.17) is 72.1 Å². The fourth-order valence-corrected chi connectivity index (χ4v) is 9.94. The maximum atomic E-state index is 15.5. The summed E-state index contributed by atoms with van der Waals surface area (Å²) in [6.45, 7) is 18.1. The minimum absolute atomic E-state index is 0.0300.